The van der Waals surface area contributed by atoms with Crippen LogP contribution in [0.15, 0.2) is 41.8 Å². The number of anilines is 2. The zero-order valence-corrected chi connectivity index (χ0v) is 21.1. The van der Waals surface area contributed by atoms with E-state index in [0.29, 0.717) is 43.4 Å². The van der Waals surface area contributed by atoms with Crippen LogP contribution in [0, 0.1) is 11.6 Å². The summed E-state index contributed by atoms with van der Waals surface area (Å²) >= 11 is 7.18. The second-order valence-corrected chi connectivity index (χ2v) is 10.3. The first-order valence-electron chi connectivity index (χ1n) is 11.3. The number of rotatable bonds is 7. The number of halogens is 3. The Morgan fingerprint density at radius 2 is 1.77 bits per heavy atom. The Kier molecular flexibility index (Phi) is 7.70. The molecule has 2 heterocycles. The molecule has 0 radical (unpaired) electrons. The van der Waals surface area contributed by atoms with Gasteiger partial charge in [0.05, 0.1) is 12.3 Å². The monoisotopic (exact) mass is 520 g/mol. The van der Waals surface area contributed by atoms with E-state index >= 15 is 0 Å². The third-order valence-electron chi connectivity index (χ3n) is 6.34. The van der Waals surface area contributed by atoms with Crippen LogP contribution in [0.2, 0.25) is 5.02 Å². The van der Waals surface area contributed by atoms with Gasteiger partial charge in [-0.1, -0.05) is 37.6 Å². The Labute approximate surface area is 212 Å². The van der Waals surface area contributed by atoms with Crippen molar-refractivity contribution in [3.8, 4) is 0 Å². The lowest BCUT2D eigenvalue weighted by atomic mass is 9.82. The maximum absolute atomic E-state index is 14.9. The fraction of sp³-hybridized carbons (Fsp3) is 0.360. The molecule has 1 aromatic heterocycles. The number of carbonyl (C=O) groups excluding carboxylic acids is 1. The zero-order chi connectivity index (χ0) is 25.2. The quantitative estimate of drug-likeness (QED) is 0.470. The summed E-state index contributed by atoms with van der Waals surface area (Å²) in [6, 6.07) is 9.82. The highest BCUT2D eigenvalue weighted by Gasteiger charge is 2.28. The lowest BCUT2D eigenvalue weighted by Crippen LogP contribution is -2.47. The van der Waals surface area contributed by atoms with Crippen molar-refractivity contribution in [2.75, 3.05) is 49.5 Å². The topological polar surface area (TPSA) is 68.7 Å². The first kappa shape index (κ1) is 25.5. The van der Waals surface area contributed by atoms with Crippen molar-refractivity contribution in [3.63, 3.8) is 0 Å². The van der Waals surface area contributed by atoms with E-state index in [1.807, 2.05) is 36.3 Å². The number of benzene rings is 2. The van der Waals surface area contributed by atoms with E-state index in [-0.39, 0.29) is 11.7 Å². The van der Waals surface area contributed by atoms with Crippen LogP contribution < -0.4 is 10.2 Å². The molecule has 0 bridgehead atoms. The number of carbonyl (C=O) groups is 1. The maximum Gasteiger partial charge on any atom is 0.263 e. The highest BCUT2D eigenvalue weighted by Crippen LogP contribution is 2.34. The van der Waals surface area contributed by atoms with Gasteiger partial charge in [-0.3, -0.25) is 15.0 Å². The van der Waals surface area contributed by atoms with Crippen molar-refractivity contribution in [1.29, 1.82) is 0 Å². The van der Waals surface area contributed by atoms with Gasteiger partial charge in [0, 0.05) is 54.2 Å². The van der Waals surface area contributed by atoms with E-state index in [9.17, 15) is 13.6 Å². The molecule has 2 N–H and O–H groups in total. The van der Waals surface area contributed by atoms with Gasteiger partial charge in [0.25, 0.3) is 5.91 Å². The average Bonchev–Trinajstić information content (AvgIpc) is 3.29. The van der Waals surface area contributed by atoms with Gasteiger partial charge in [-0.25, -0.2) is 13.8 Å². The summed E-state index contributed by atoms with van der Waals surface area (Å²) in [5.74, 6) is -2.73. The molecule has 1 aliphatic heterocycles. The summed E-state index contributed by atoms with van der Waals surface area (Å²) in [6.45, 7) is 7.18. The number of aliphatic hydroxyl groups excluding tert-OH is 1. The molecule has 10 heteroatoms. The molecule has 1 amide bonds. The number of piperazine rings is 1. The van der Waals surface area contributed by atoms with Crippen molar-refractivity contribution in [2.45, 2.75) is 19.3 Å². The predicted octanol–water partition coefficient (Wildman–Crippen LogP) is 4.77. The molecular formula is C25H27ClF2N4O2S. The van der Waals surface area contributed by atoms with Gasteiger partial charge in [0.15, 0.2) is 5.13 Å². The minimum Gasteiger partial charge on any atom is -0.395 e. The number of aliphatic hydroxyl groups is 1. The second-order valence-electron chi connectivity index (χ2n) is 8.96. The van der Waals surface area contributed by atoms with Crippen molar-refractivity contribution in [1.82, 2.24) is 9.88 Å². The highest BCUT2D eigenvalue weighted by molar-refractivity contribution is 7.14. The van der Waals surface area contributed by atoms with E-state index in [4.69, 9.17) is 16.7 Å². The highest BCUT2D eigenvalue weighted by atomic mass is 35.5. The summed E-state index contributed by atoms with van der Waals surface area (Å²) in [5.41, 5.74) is 1.01. The Morgan fingerprint density at radius 3 is 2.37 bits per heavy atom. The number of aromatic nitrogens is 1. The molecule has 0 unspecified atom stereocenters. The fourth-order valence-corrected chi connectivity index (χ4v) is 5.12. The van der Waals surface area contributed by atoms with Crippen LogP contribution in [-0.2, 0) is 5.41 Å². The first-order valence-corrected chi connectivity index (χ1v) is 12.6. The fourth-order valence-electron chi connectivity index (χ4n) is 4.12. The molecule has 1 fully saturated rings. The van der Waals surface area contributed by atoms with Crippen molar-refractivity contribution >= 4 is 39.7 Å². The largest absolute Gasteiger partial charge is 0.395 e. The number of thiazole rings is 1. The molecule has 0 aliphatic carbocycles. The molecule has 186 valence electrons. The summed E-state index contributed by atoms with van der Waals surface area (Å²) in [6.07, 6.45) is 0. The first-order chi connectivity index (χ1) is 16.7. The van der Waals surface area contributed by atoms with Gasteiger partial charge in [0.1, 0.15) is 17.2 Å². The van der Waals surface area contributed by atoms with Gasteiger partial charge in [-0.05, 0) is 29.8 Å². The molecule has 0 atom stereocenters. The maximum atomic E-state index is 14.9. The summed E-state index contributed by atoms with van der Waals surface area (Å²) in [5, 5.41) is 14.3. The van der Waals surface area contributed by atoms with Crippen molar-refractivity contribution in [2.24, 2.45) is 0 Å². The number of nitrogens with one attached hydrogen (secondary N) is 1. The van der Waals surface area contributed by atoms with Gasteiger partial charge in [-0.15, -0.1) is 11.3 Å². The summed E-state index contributed by atoms with van der Waals surface area (Å²) < 4.78 is 29.7. The Morgan fingerprint density at radius 1 is 1.14 bits per heavy atom. The van der Waals surface area contributed by atoms with E-state index in [0.717, 1.165) is 11.3 Å². The number of hydrogen-bond acceptors (Lipinski definition) is 6. The lowest BCUT2D eigenvalue weighted by molar-refractivity contribution is 0.101. The van der Waals surface area contributed by atoms with Crippen LogP contribution in [0.5, 0.6) is 0 Å². The molecule has 4 rings (SSSR count). The third-order valence-corrected chi connectivity index (χ3v) is 7.35. The van der Waals surface area contributed by atoms with Crippen LogP contribution in [-0.4, -0.2) is 60.2 Å². The molecule has 0 spiro atoms. The van der Waals surface area contributed by atoms with E-state index < -0.39 is 28.5 Å². The number of β-amino-alcohol motifs (C(OH)–C–C–N with tert-alkyl or cyclic N) is 1. The minimum atomic E-state index is -0.923. The summed E-state index contributed by atoms with van der Waals surface area (Å²) in [4.78, 5) is 21.2. The van der Waals surface area contributed by atoms with E-state index in [1.54, 1.807) is 12.1 Å². The van der Waals surface area contributed by atoms with E-state index in [1.165, 1.54) is 23.5 Å². The predicted molar refractivity (Wildman–Crippen MR) is 136 cm³/mol. The van der Waals surface area contributed by atoms with Crippen LogP contribution in [0.25, 0.3) is 0 Å². The van der Waals surface area contributed by atoms with Gasteiger partial charge >= 0.3 is 0 Å². The molecule has 6 nitrogen and oxygen atoms in total. The normalized spacial score (nSPS) is 14.9. The van der Waals surface area contributed by atoms with Gasteiger partial charge in [0.2, 0.25) is 0 Å². The van der Waals surface area contributed by atoms with Crippen molar-refractivity contribution in [3.05, 3.63) is 75.3 Å². The standard InChI is InChI=1S/C25H27ClF2N4O2S/c1-25(2,16-3-5-17(26)6-4-16)21-15-35-24(29-21)30-23(34)22-19(27)13-18(14-20(22)28)32-9-7-31(8-10-32)11-12-33/h3-6,13-15,33H,7-12H2,1-2H3,(H,29,30,34). The second kappa shape index (κ2) is 10.6. The average molecular weight is 521 g/mol. The van der Waals surface area contributed by atoms with Gasteiger partial charge in [-0.2, -0.15) is 0 Å². The lowest BCUT2D eigenvalue weighted by Gasteiger charge is -2.35. The zero-order valence-electron chi connectivity index (χ0n) is 19.5. The van der Waals surface area contributed by atoms with Crippen LogP contribution in [0.4, 0.5) is 19.6 Å². The molecular weight excluding hydrogens is 494 g/mol. The molecule has 0 saturated carbocycles. The smallest absolute Gasteiger partial charge is 0.263 e. The SMILES string of the molecule is CC(C)(c1ccc(Cl)cc1)c1csc(NC(=O)c2c(F)cc(N3CCN(CCO)CC3)cc2F)n1. The Hall–Kier alpha value is -2.59. The van der Waals surface area contributed by atoms with Crippen LogP contribution in [0.3, 0.4) is 0 Å². The number of hydrogen-bond donors (Lipinski definition) is 2. The van der Waals surface area contributed by atoms with Crippen LogP contribution >= 0.6 is 22.9 Å². The summed E-state index contributed by atoms with van der Waals surface area (Å²) in [7, 11) is 0. The molecule has 3 aromatic rings. The number of nitrogens with zero attached hydrogens (tertiary/aromatic N) is 3. The Balaban J connectivity index is 1.47. The molecule has 1 aliphatic rings. The Bertz CT molecular complexity index is 1170. The van der Waals surface area contributed by atoms with Crippen LogP contribution in [0.1, 0.15) is 35.5 Å². The van der Waals surface area contributed by atoms with E-state index in [2.05, 4.69) is 15.2 Å². The minimum absolute atomic E-state index is 0.0757. The third kappa shape index (κ3) is 5.64. The van der Waals surface area contributed by atoms with Crippen molar-refractivity contribution < 1.29 is 18.7 Å². The van der Waals surface area contributed by atoms with Gasteiger partial charge < -0.3 is 10.0 Å². The molecule has 35 heavy (non-hydrogen) atoms. The molecule has 1 saturated heterocycles. The molecule has 2 aromatic carbocycles. The number of amides is 1.